The van der Waals surface area contributed by atoms with Crippen LogP contribution in [0.15, 0.2) is 47.3 Å². The summed E-state index contributed by atoms with van der Waals surface area (Å²) in [6.07, 6.45) is 2.99. The van der Waals surface area contributed by atoms with E-state index in [9.17, 15) is 4.79 Å². The van der Waals surface area contributed by atoms with Crippen LogP contribution in [0.2, 0.25) is 0 Å². The maximum Gasteiger partial charge on any atom is 0.251 e. The molecule has 0 spiro atoms. The fourth-order valence-electron chi connectivity index (χ4n) is 3.75. The van der Waals surface area contributed by atoms with Crippen LogP contribution in [0, 0.1) is 6.92 Å². The topological polar surface area (TPSA) is 44.9 Å². The van der Waals surface area contributed by atoms with Gasteiger partial charge in [-0.1, -0.05) is 31.2 Å². The summed E-state index contributed by atoms with van der Waals surface area (Å²) in [7, 11) is 0. The molecule has 5 heteroatoms. The van der Waals surface area contributed by atoms with E-state index >= 15 is 0 Å². The van der Waals surface area contributed by atoms with Gasteiger partial charge in [-0.15, -0.1) is 23.7 Å². The van der Waals surface area contributed by atoms with Gasteiger partial charge in [0.1, 0.15) is 0 Å². The second-order valence-electron chi connectivity index (χ2n) is 7.04. The summed E-state index contributed by atoms with van der Waals surface area (Å²) in [6, 6.07) is 15.7. The second-order valence-corrected chi connectivity index (χ2v) is 8.20. The molecule has 0 amide bonds. The standard InChI is InChI=1S/C22H24N2OS.ClH/c1-3-15-12-20(14(2)24-22(15)25)21-9-8-19(26-21)13-23-18-10-16-6-4-5-7-17(16)11-18;/h4-9,12,18,23H,3,10-11,13H2,1-2H3,(H,24,25);1H. The summed E-state index contributed by atoms with van der Waals surface area (Å²) in [5.41, 5.74) is 5.93. The van der Waals surface area contributed by atoms with Crippen LogP contribution in [0.5, 0.6) is 0 Å². The molecule has 142 valence electrons. The van der Waals surface area contributed by atoms with Gasteiger partial charge in [0, 0.05) is 39.2 Å². The number of H-pyrrole nitrogens is 1. The first-order valence-electron chi connectivity index (χ1n) is 9.26. The van der Waals surface area contributed by atoms with Crippen LogP contribution >= 0.6 is 23.7 Å². The second kappa shape index (κ2) is 8.42. The van der Waals surface area contributed by atoms with Crippen molar-refractivity contribution in [3.05, 3.63) is 80.1 Å². The molecular weight excluding hydrogens is 376 g/mol. The van der Waals surface area contributed by atoms with Crippen LogP contribution in [0.4, 0.5) is 0 Å². The lowest BCUT2D eigenvalue weighted by Gasteiger charge is -2.10. The van der Waals surface area contributed by atoms with Crippen molar-refractivity contribution in [3.63, 3.8) is 0 Å². The zero-order valence-electron chi connectivity index (χ0n) is 15.7. The molecule has 0 saturated carbocycles. The molecule has 1 aliphatic rings. The minimum Gasteiger partial charge on any atom is -0.326 e. The Morgan fingerprint density at radius 3 is 2.52 bits per heavy atom. The van der Waals surface area contributed by atoms with Crippen LogP contribution < -0.4 is 10.9 Å². The molecule has 0 bridgehead atoms. The number of thiophene rings is 1. The molecule has 0 atom stereocenters. The summed E-state index contributed by atoms with van der Waals surface area (Å²) in [5.74, 6) is 0. The quantitative estimate of drug-likeness (QED) is 0.654. The van der Waals surface area contributed by atoms with E-state index in [0.717, 1.165) is 42.6 Å². The summed E-state index contributed by atoms with van der Waals surface area (Å²) < 4.78 is 0. The first-order chi connectivity index (χ1) is 12.6. The third-order valence-electron chi connectivity index (χ3n) is 5.24. The number of rotatable bonds is 5. The smallest absolute Gasteiger partial charge is 0.251 e. The molecule has 0 unspecified atom stereocenters. The largest absolute Gasteiger partial charge is 0.326 e. The van der Waals surface area contributed by atoms with Gasteiger partial charge in [0.2, 0.25) is 0 Å². The highest BCUT2D eigenvalue weighted by Crippen LogP contribution is 2.30. The molecule has 3 nitrogen and oxygen atoms in total. The van der Waals surface area contributed by atoms with Gasteiger partial charge in [0.15, 0.2) is 0 Å². The van der Waals surface area contributed by atoms with Gasteiger partial charge in [-0.3, -0.25) is 4.79 Å². The summed E-state index contributed by atoms with van der Waals surface area (Å²) >= 11 is 1.81. The van der Waals surface area contributed by atoms with Crippen molar-refractivity contribution in [2.75, 3.05) is 0 Å². The van der Waals surface area contributed by atoms with E-state index in [2.05, 4.69) is 46.7 Å². The van der Waals surface area contributed by atoms with E-state index in [4.69, 9.17) is 0 Å². The number of pyridine rings is 1. The summed E-state index contributed by atoms with van der Waals surface area (Å²) in [5, 5.41) is 3.71. The van der Waals surface area contributed by atoms with Crippen molar-refractivity contribution >= 4 is 23.7 Å². The van der Waals surface area contributed by atoms with E-state index in [-0.39, 0.29) is 18.0 Å². The Balaban J connectivity index is 0.00000210. The third kappa shape index (κ3) is 4.18. The number of halogens is 1. The predicted octanol–water partition coefficient (Wildman–Crippen LogP) is 4.65. The zero-order valence-corrected chi connectivity index (χ0v) is 17.3. The molecule has 1 aromatic carbocycles. The van der Waals surface area contributed by atoms with Crippen molar-refractivity contribution in [1.29, 1.82) is 0 Å². The molecule has 2 N–H and O–H groups in total. The molecule has 2 heterocycles. The normalized spacial score (nSPS) is 13.4. The number of hydrogen-bond donors (Lipinski definition) is 2. The van der Waals surface area contributed by atoms with Crippen LogP contribution in [-0.2, 0) is 25.8 Å². The van der Waals surface area contributed by atoms with E-state index in [1.807, 2.05) is 31.3 Å². The number of aryl methyl sites for hydroxylation is 2. The Bertz CT molecular complexity index is 967. The zero-order chi connectivity index (χ0) is 18.1. The molecule has 4 rings (SSSR count). The van der Waals surface area contributed by atoms with Gasteiger partial charge >= 0.3 is 0 Å². The number of fused-ring (bicyclic) bond motifs is 1. The van der Waals surface area contributed by atoms with Crippen molar-refractivity contribution in [2.24, 2.45) is 0 Å². The highest BCUT2D eigenvalue weighted by atomic mass is 35.5. The number of aromatic nitrogens is 1. The molecule has 27 heavy (non-hydrogen) atoms. The molecule has 1 aliphatic carbocycles. The van der Waals surface area contributed by atoms with Crippen molar-refractivity contribution in [3.8, 4) is 10.4 Å². The predicted molar refractivity (Wildman–Crippen MR) is 116 cm³/mol. The number of hydrogen-bond acceptors (Lipinski definition) is 3. The monoisotopic (exact) mass is 400 g/mol. The first kappa shape index (κ1) is 19.9. The minimum atomic E-state index is 0. The van der Waals surface area contributed by atoms with Gasteiger partial charge < -0.3 is 10.3 Å². The van der Waals surface area contributed by atoms with E-state index in [1.54, 1.807) is 0 Å². The number of nitrogens with one attached hydrogen (secondary N) is 2. The first-order valence-corrected chi connectivity index (χ1v) is 10.1. The van der Waals surface area contributed by atoms with Gasteiger partial charge in [0.05, 0.1) is 0 Å². The molecule has 2 aromatic heterocycles. The average Bonchev–Trinajstić information content (AvgIpc) is 3.26. The lowest BCUT2D eigenvalue weighted by molar-refractivity contribution is 0.536. The number of aromatic amines is 1. The molecule has 3 aromatic rings. The lowest BCUT2D eigenvalue weighted by Crippen LogP contribution is -2.28. The van der Waals surface area contributed by atoms with Crippen molar-refractivity contribution in [1.82, 2.24) is 10.3 Å². The van der Waals surface area contributed by atoms with Gasteiger partial charge in [-0.05, 0) is 55.5 Å². The minimum absolute atomic E-state index is 0. The van der Waals surface area contributed by atoms with Crippen LogP contribution in [0.1, 0.15) is 34.2 Å². The highest BCUT2D eigenvalue weighted by molar-refractivity contribution is 7.15. The lowest BCUT2D eigenvalue weighted by atomic mass is 10.1. The fourth-order valence-corrected chi connectivity index (χ4v) is 4.78. The summed E-state index contributed by atoms with van der Waals surface area (Å²) in [6.45, 7) is 4.89. The highest BCUT2D eigenvalue weighted by Gasteiger charge is 2.20. The number of benzene rings is 1. The Hall–Kier alpha value is -1.88. The van der Waals surface area contributed by atoms with Gasteiger partial charge in [-0.25, -0.2) is 0 Å². The molecule has 0 saturated heterocycles. The Kier molecular flexibility index (Phi) is 6.20. The van der Waals surface area contributed by atoms with Gasteiger partial charge in [-0.2, -0.15) is 0 Å². The van der Waals surface area contributed by atoms with Gasteiger partial charge in [0.25, 0.3) is 5.56 Å². The Morgan fingerprint density at radius 1 is 1.15 bits per heavy atom. The van der Waals surface area contributed by atoms with Crippen LogP contribution in [-0.4, -0.2) is 11.0 Å². The Morgan fingerprint density at radius 2 is 1.85 bits per heavy atom. The molecule has 0 aliphatic heterocycles. The maximum absolute atomic E-state index is 11.9. The van der Waals surface area contributed by atoms with E-state index in [1.165, 1.54) is 20.9 Å². The van der Waals surface area contributed by atoms with E-state index < -0.39 is 0 Å². The third-order valence-corrected chi connectivity index (χ3v) is 6.36. The fraction of sp³-hybridized carbons (Fsp3) is 0.318. The SMILES string of the molecule is CCc1cc(-c2ccc(CNC3Cc4ccccc4C3)s2)c(C)[nH]c1=O.Cl. The molecule has 0 radical (unpaired) electrons. The van der Waals surface area contributed by atoms with Crippen LogP contribution in [0.25, 0.3) is 10.4 Å². The van der Waals surface area contributed by atoms with Crippen molar-refractivity contribution in [2.45, 2.75) is 45.7 Å². The Labute approximate surface area is 170 Å². The maximum atomic E-state index is 11.9. The summed E-state index contributed by atoms with van der Waals surface area (Å²) in [4.78, 5) is 17.5. The van der Waals surface area contributed by atoms with Crippen molar-refractivity contribution < 1.29 is 0 Å². The van der Waals surface area contributed by atoms with E-state index in [0.29, 0.717) is 6.04 Å². The molecular formula is C22H25ClN2OS. The van der Waals surface area contributed by atoms with Crippen LogP contribution in [0.3, 0.4) is 0 Å². The average molecular weight is 401 g/mol. The molecule has 0 fully saturated rings.